The van der Waals surface area contributed by atoms with Gasteiger partial charge in [0.15, 0.2) is 0 Å². The van der Waals surface area contributed by atoms with Crippen LogP contribution >= 0.6 is 0 Å². The molecule has 1 saturated heterocycles. The Hall–Kier alpha value is -2.15. The summed E-state index contributed by atoms with van der Waals surface area (Å²) in [6.45, 7) is 3.58. The number of nitrogens with two attached hydrogens (primary N) is 1. The molecule has 1 aromatic rings. The molecule has 0 radical (unpaired) electrons. The van der Waals surface area contributed by atoms with Crippen LogP contribution in [0.4, 0.5) is 5.82 Å². The van der Waals surface area contributed by atoms with Crippen LogP contribution < -0.4 is 15.4 Å². The lowest BCUT2D eigenvalue weighted by atomic mass is 10.2. The van der Waals surface area contributed by atoms with Crippen LogP contribution in [0.15, 0.2) is 29.0 Å². The smallest absolute Gasteiger partial charge is 0.318 e. The summed E-state index contributed by atoms with van der Waals surface area (Å²) in [5, 5.41) is 0. The van der Waals surface area contributed by atoms with Crippen molar-refractivity contribution in [1.82, 2.24) is 9.97 Å². The molecule has 1 aliphatic rings. The fourth-order valence-electron chi connectivity index (χ4n) is 1.99. The second-order valence-electron chi connectivity index (χ2n) is 4.52. The van der Waals surface area contributed by atoms with E-state index >= 15 is 0 Å². The molecule has 2 N–H and O–H groups in total. The van der Waals surface area contributed by atoms with Gasteiger partial charge < -0.3 is 20.1 Å². The summed E-state index contributed by atoms with van der Waals surface area (Å²) in [6.07, 6.45) is 5.62. The lowest BCUT2D eigenvalue weighted by Gasteiger charge is -2.27. The summed E-state index contributed by atoms with van der Waals surface area (Å²) in [5.74, 6) is 0.869. The Labute approximate surface area is 124 Å². The van der Waals surface area contributed by atoms with Gasteiger partial charge in [0.2, 0.25) is 0 Å². The van der Waals surface area contributed by atoms with E-state index in [1.165, 1.54) is 6.20 Å². The van der Waals surface area contributed by atoms with Crippen LogP contribution in [0.5, 0.6) is 6.01 Å². The van der Waals surface area contributed by atoms with Crippen molar-refractivity contribution < 1.29 is 9.47 Å². The third-order valence-electron chi connectivity index (χ3n) is 3.08. The van der Waals surface area contributed by atoms with Gasteiger partial charge in [-0.1, -0.05) is 0 Å². The van der Waals surface area contributed by atoms with E-state index in [2.05, 4.69) is 19.9 Å². The maximum Gasteiger partial charge on any atom is 0.318 e. The van der Waals surface area contributed by atoms with E-state index in [9.17, 15) is 0 Å². The van der Waals surface area contributed by atoms with Crippen molar-refractivity contribution in [2.45, 2.75) is 6.42 Å². The molecule has 0 aromatic carbocycles. The van der Waals surface area contributed by atoms with Crippen LogP contribution in [0.3, 0.4) is 0 Å². The van der Waals surface area contributed by atoms with Crippen LogP contribution in [0.2, 0.25) is 0 Å². The molecule has 2 heterocycles. The monoisotopic (exact) mass is 291 g/mol. The van der Waals surface area contributed by atoms with Gasteiger partial charge in [-0.15, -0.1) is 0 Å². The highest BCUT2D eigenvalue weighted by atomic mass is 16.5. The highest BCUT2D eigenvalue weighted by molar-refractivity contribution is 5.78. The maximum absolute atomic E-state index is 5.58. The average Bonchev–Trinajstić information content (AvgIpc) is 2.55. The SMILES string of the molecule is CN=CC(=CN)CCOc1nccc(N2CCOCC2)n1. The molecule has 0 saturated carbocycles. The van der Waals surface area contributed by atoms with Crippen molar-refractivity contribution in [3.63, 3.8) is 0 Å². The second kappa shape index (κ2) is 8.21. The molecule has 114 valence electrons. The molecule has 0 unspecified atom stereocenters. The number of aromatic nitrogens is 2. The normalized spacial score (nSPS) is 16.4. The molecule has 2 rings (SSSR count). The van der Waals surface area contributed by atoms with Crippen molar-refractivity contribution >= 4 is 12.0 Å². The van der Waals surface area contributed by atoms with Crippen LogP contribution in [0.1, 0.15) is 6.42 Å². The van der Waals surface area contributed by atoms with Crippen LogP contribution in [0, 0.1) is 0 Å². The summed E-state index contributed by atoms with van der Waals surface area (Å²) in [5.41, 5.74) is 6.42. The average molecular weight is 291 g/mol. The predicted octanol–water partition coefficient (Wildman–Crippen LogP) is 0.625. The molecule has 1 aliphatic heterocycles. The van der Waals surface area contributed by atoms with Crippen molar-refractivity contribution in [2.75, 3.05) is 44.9 Å². The molecule has 0 spiro atoms. The first kappa shape index (κ1) is 15.2. The molecule has 21 heavy (non-hydrogen) atoms. The van der Waals surface area contributed by atoms with Crippen molar-refractivity contribution in [1.29, 1.82) is 0 Å². The van der Waals surface area contributed by atoms with Gasteiger partial charge in [-0.05, 0) is 17.8 Å². The van der Waals surface area contributed by atoms with Gasteiger partial charge in [-0.25, -0.2) is 4.98 Å². The van der Waals surface area contributed by atoms with Gasteiger partial charge in [-0.3, -0.25) is 4.99 Å². The molecule has 7 heteroatoms. The number of nitrogens with zero attached hydrogens (tertiary/aromatic N) is 4. The molecule has 1 aromatic heterocycles. The lowest BCUT2D eigenvalue weighted by Crippen LogP contribution is -2.36. The van der Waals surface area contributed by atoms with E-state index in [1.807, 2.05) is 6.07 Å². The number of ether oxygens (including phenoxy) is 2. The molecule has 0 bridgehead atoms. The molecule has 0 aliphatic carbocycles. The third-order valence-corrected chi connectivity index (χ3v) is 3.08. The van der Waals surface area contributed by atoms with Gasteiger partial charge in [-0.2, -0.15) is 4.98 Å². The first-order valence-electron chi connectivity index (χ1n) is 6.95. The fourth-order valence-corrected chi connectivity index (χ4v) is 1.99. The Balaban J connectivity index is 1.89. The van der Waals surface area contributed by atoms with E-state index in [0.717, 1.165) is 37.7 Å². The largest absolute Gasteiger partial charge is 0.463 e. The number of aliphatic imine (C=N–C) groups is 1. The number of morpholine rings is 1. The minimum Gasteiger partial charge on any atom is -0.463 e. The van der Waals surface area contributed by atoms with E-state index < -0.39 is 0 Å². The number of anilines is 1. The lowest BCUT2D eigenvalue weighted by molar-refractivity contribution is 0.122. The Morgan fingerprint density at radius 2 is 2.33 bits per heavy atom. The first-order valence-corrected chi connectivity index (χ1v) is 6.95. The van der Waals surface area contributed by atoms with Crippen molar-refractivity contribution in [3.8, 4) is 6.01 Å². The Kier molecular flexibility index (Phi) is 5.96. The number of hydrogen-bond donors (Lipinski definition) is 1. The Morgan fingerprint density at radius 3 is 3.05 bits per heavy atom. The fraction of sp³-hybridized carbons (Fsp3) is 0.500. The van der Waals surface area contributed by atoms with Crippen LogP contribution in [-0.2, 0) is 4.74 Å². The molecule has 1 fully saturated rings. The number of hydrogen-bond acceptors (Lipinski definition) is 7. The van der Waals surface area contributed by atoms with E-state index in [0.29, 0.717) is 19.0 Å². The highest BCUT2D eigenvalue weighted by Crippen LogP contribution is 2.15. The molecular weight excluding hydrogens is 270 g/mol. The van der Waals surface area contributed by atoms with Crippen molar-refractivity contribution in [2.24, 2.45) is 10.7 Å². The highest BCUT2D eigenvalue weighted by Gasteiger charge is 2.13. The second-order valence-corrected chi connectivity index (χ2v) is 4.52. The van der Waals surface area contributed by atoms with E-state index in [1.54, 1.807) is 19.5 Å². The number of rotatable bonds is 6. The van der Waals surface area contributed by atoms with Gasteiger partial charge in [0, 0.05) is 39.0 Å². The molecular formula is C14H21N5O2. The molecule has 0 amide bonds. The zero-order valence-electron chi connectivity index (χ0n) is 12.2. The summed E-state index contributed by atoms with van der Waals surface area (Å²) in [6, 6.07) is 2.26. The zero-order chi connectivity index (χ0) is 14.9. The topological polar surface area (TPSA) is 85.9 Å². The van der Waals surface area contributed by atoms with Gasteiger partial charge in [0.25, 0.3) is 0 Å². The quantitative estimate of drug-likeness (QED) is 0.774. The Bertz CT molecular complexity index is 498. The minimum absolute atomic E-state index is 0.379. The van der Waals surface area contributed by atoms with E-state index in [4.69, 9.17) is 15.2 Å². The first-order chi connectivity index (χ1) is 10.3. The van der Waals surface area contributed by atoms with Crippen molar-refractivity contribution in [3.05, 3.63) is 24.0 Å². The van der Waals surface area contributed by atoms with E-state index in [-0.39, 0.29) is 0 Å². The molecule has 0 atom stereocenters. The van der Waals surface area contributed by atoms with Crippen LogP contribution in [0.25, 0.3) is 0 Å². The van der Waals surface area contributed by atoms with Gasteiger partial charge in [0.05, 0.1) is 19.8 Å². The third kappa shape index (κ3) is 4.71. The minimum atomic E-state index is 0.379. The standard InChI is InChI=1S/C14H21N5O2/c1-16-11-12(10-15)3-7-21-14-17-4-2-13(18-14)19-5-8-20-9-6-19/h2,4,10-11H,3,5-9,15H2,1H3. The Morgan fingerprint density at radius 1 is 1.52 bits per heavy atom. The summed E-state index contributed by atoms with van der Waals surface area (Å²) in [7, 11) is 1.71. The summed E-state index contributed by atoms with van der Waals surface area (Å²) < 4.78 is 10.9. The zero-order valence-corrected chi connectivity index (χ0v) is 12.2. The molecule has 7 nitrogen and oxygen atoms in total. The predicted molar refractivity (Wildman–Crippen MR) is 81.9 cm³/mol. The summed E-state index contributed by atoms with van der Waals surface area (Å²) >= 11 is 0. The van der Waals surface area contributed by atoms with Gasteiger partial charge >= 0.3 is 6.01 Å². The summed E-state index contributed by atoms with van der Waals surface area (Å²) in [4.78, 5) is 14.6. The van der Waals surface area contributed by atoms with Crippen LogP contribution in [-0.4, -0.2) is 56.1 Å². The maximum atomic E-state index is 5.58. The van der Waals surface area contributed by atoms with Gasteiger partial charge in [0.1, 0.15) is 5.82 Å².